The van der Waals surface area contributed by atoms with Crippen molar-refractivity contribution >= 4 is 17.1 Å². The van der Waals surface area contributed by atoms with Crippen molar-refractivity contribution in [2.45, 2.75) is 45.4 Å². The standard InChI is InChI=1S/C11H15NOS/c1-2-3-7-10-12-8-5-4-6-9(13)11(8)14-10/h2-7H2,1H3. The van der Waals surface area contributed by atoms with Crippen LogP contribution in [0.25, 0.3) is 0 Å². The SMILES string of the molecule is CCCCc1nc2c(s1)C(=O)CCC2. The van der Waals surface area contributed by atoms with Gasteiger partial charge in [0.15, 0.2) is 5.78 Å². The Morgan fingerprint density at radius 2 is 2.29 bits per heavy atom. The summed E-state index contributed by atoms with van der Waals surface area (Å²) in [6.07, 6.45) is 6.13. The van der Waals surface area contributed by atoms with Crippen LogP contribution in [0.4, 0.5) is 0 Å². The number of hydrogen-bond donors (Lipinski definition) is 0. The number of aromatic nitrogens is 1. The number of carbonyl (C=O) groups is 1. The van der Waals surface area contributed by atoms with Gasteiger partial charge in [0.25, 0.3) is 0 Å². The van der Waals surface area contributed by atoms with Gasteiger partial charge in [0.2, 0.25) is 0 Å². The molecular formula is C11H15NOS. The molecule has 1 aromatic rings. The monoisotopic (exact) mass is 209 g/mol. The maximum Gasteiger partial charge on any atom is 0.174 e. The van der Waals surface area contributed by atoms with Crippen molar-refractivity contribution in [2.24, 2.45) is 0 Å². The van der Waals surface area contributed by atoms with E-state index in [0.717, 1.165) is 41.3 Å². The summed E-state index contributed by atoms with van der Waals surface area (Å²) in [5, 5.41) is 1.16. The first-order valence-electron chi connectivity index (χ1n) is 5.33. The Labute approximate surface area is 88.4 Å². The van der Waals surface area contributed by atoms with E-state index >= 15 is 0 Å². The molecule has 1 heterocycles. The van der Waals surface area contributed by atoms with Gasteiger partial charge in [-0.1, -0.05) is 13.3 Å². The Kier molecular flexibility index (Phi) is 2.96. The highest BCUT2D eigenvalue weighted by Crippen LogP contribution is 2.27. The van der Waals surface area contributed by atoms with E-state index in [0.29, 0.717) is 5.78 Å². The Morgan fingerprint density at radius 1 is 1.43 bits per heavy atom. The number of hydrogen-bond acceptors (Lipinski definition) is 3. The number of aryl methyl sites for hydroxylation is 2. The summed E-state index contributed by atoms with van der Waals surface area (Å²) >= 11 is 1.62. The Hall–Kier alpha value is -0.700. The van der Waals surface area contributed by atoms with Gasteiger partial charge < -0.3 is 0 Å². The van der Waals surface area contributed by atoms with E-state index in [-0.39, 0.29) is 0 Å². The number of Topliss-reactive ketones (excluding diaryl/α,β-unsaturated/α-hetero) is 1. The normalized spacial score (nSPS) is 15.6. The molecule has 1 aliphatic carbocycles. The van der Waals surface area contributed by atoms with Crippen LogP contribution in [-0.2, 0) is 12.8 Å². The number of carbonyl (C=O) groups excluding carboxylic acids is 1. The maximum absolute atomic E-state index is 11.5. The van der Waals surface area contributed by atoms with Gasteiger partial charge in [-0.15, -0.1) is 11.3 Å². The van der Waals surface area contributed by atoms with Gasteiger partial charge >= 0.3 is 0 Å². The molecule has 0 unspecified atom stereocenters. The molecule has 0 atom stereocenters. The quantitative estimate of drug-likeness (QED) is 0.766. The van der Waals surface area contributed by atoms with Crippen LogP contribution in [0.5, 0.6) is 0 Å². The molecule has 14 heavy (non-hydrogen) atoms. The van der Waals surface area contributed by atoms with Crippen LogP contribution in [0.3, 0.4) is 0 Å². The van der Waals surface area contributed by atoms with Crippen LogP contribution >= 0.6 is 11.3 Å². The molecule has 3 heteroatoms. The van der Waals surface area contributed by atoms with Gasteiger partial charge in [-0.05, 0) is 25.7 Å². The number of rotatable bonds is 3. The molecule has 0 saturated carbocycles. The van der Waals surface area contributed by atoms with Crippen molar-refractivity contribution in [2.75, 3.05) is 0 Å². The second kappa shape index (κ2) is 4.22. The Balaban J connectivity index is 2.17. The molecule has 0 radical (unpaired) electrons. The third kappa shape index (κ3) is 1.87. The summed E-state index contributed by atoms with van der Waals surface area (Å²) in [7, 11) is 0. The average molecular weight is 209 g/mol. The molecule has 76 valence electrons. The summed E-state index contributed by atoms with van der Waals surface area (Å²) < 4.78 is 0. The third-order valence-electron chi connectivity index (χ3n) is 2.56. The van der Waals surface area contributed by atoms with E-state index in [1.807, 2.05) is 0 Å². The van der Waals surface area contributed by atoms with Gasteiger partial charge in [-0.25, -0.2) is 4.98 Å². The molecule has 0 N–H and O–H groups in total. The second-order valence-corrected chi connectivity index (χ2v) is 4.85. The predicted octanol–water partition coefficient (Wildman–Crippen LogP) is 3.00. The van der Waals surface area contributed by atoms with Gasteiger partial charge in [0.1, 0.15) is 0 Å². The molecule has 0 saturated heterocycles. The first kappa shape index (κ1) is 9.84. The van der Waals surface area contributed by atoms with Crippen molar-refractivity contribution < 1.29 is 4.79 Å². The van der Waals surface area contributed by atoms with Crippen molar-refractivity contribution in [1.29, 1.82) is 0 Å². The summed E-state index contributed by atoms with van der Waals surface area (Å²) in [6.45, 7) is 2.18. The zero-order valence-electron chi connectivity index (χ0n) is 8.51. The minimum atomic E-state index is 0.312. The van der Waals surface area contributed by atoms with Crippen molar-refractivity contribution in [1.82, 2.24) is 4.98 Å². The van der Waals surface area contributed by atoms with Crippen LogP contribution in [-0.4, -0.2) is 10.8 Å². The molecule has 1 aliphatic rings. The molecule has 0 amide bonds. The lowest BCUT2D eigenvalue weighted by Gasteiger charge is -2.06. The second-order valence-electron chi connectivity index (χ2n) is 3.76. The fraction of sp³-hybridized carbons (Fsp3) is 0.636. The molecule has 2 rings (SSSR count). The van der Waals surface area contributed by atoms with Gasteiger partial charge in [-0.2, -0.15) is 0 Å². The van der Waals surface area contributed by atoms with Crippen LogP contribution in [0, 0.1) is 0 Å². The zero-order chi connectivity index (χ0) is 9.97. The van der Waals surface area contributed by atoms with E-state index < -0.39 is 0 Å². The number of unbranched alkanes of at least 4 members (excludes halogenated alkanes) is 1. The fourth-order valence-electron chi connectivity index (χ4n) is 1.75. The van der Waals surface area contributed by atoms with E-state index in [9.17, 15) is 4.79 Å². The molecule has 0 aromatic carbocycles. The summed E-state index contributed by atoms with van der Waals surface area (Å²) in [5.74, 6) is 0.312. The third-order valence-corrected chi connectivity index (χ3v) is 3.75. The van der Waals surface area contributed by atoms with Crippen LogP contribution < -0.4 is 0 Å². The maximum atomic E-state index is 11.5. The van der Waals surface area contributed by atoms with Crippen LogP contribution in [0.1, 0.15) is 53.0 Å². The minimum Gasteiger partial charge on any atom is -0.293 e. The number of ketones is 1. The highest BCUT2D eigenvalue weighted by molar-refractivity contribution is 7.13. The Morgan fingerprint density at radius 3 is 3.00 bits per heavy atom. The number of fused-ring (bicyclic) bond motifs is 1. The van der Waals surface area contributed by atoms with E-state index in [1.165, 1.54) is 12.8 Å². The van der Waals surface area contributed by atoms with Crippen LogP contribution in [0.15, 0.2) is 0 Å². The first-order valence-corrected chi connectivity index (χ1v) is 6.14. The van der Waals surface area contributed by atoms with Crippen molar-refractivity contribution in [3.8, 4) is 0 Å². The molecular weight excluding hydrogens is 194 g/mol. The predicted molar refractivity (Wildman–Crippen MR) is 58.0 cm³/mol. The molecule has 0 spiro atoms. The van der Waals surface area contributed by atoms with Crippen molar-refractivity contribution in [3.05, 3.63) is 15.6 Å². The molecule has 0 aliphatic heterocycles. The molecule has 0 fully saturated rings. The summed E-state index contributed by atoms with van der Waals surface area (Å²) in [4.78, 5) is 17.0. The summed E-state index contributed by atoms with van der Waals surface area (Å²) in [5.41, 5.74) is 1.07. The fourth-order valence-corrected chi connectivity index (χ4v) is 2.87. The smallest absolute Gasteiger partial charge is 0.174 e. The lowest BCUT2D eigenvalue weighted by Crippen LogP contribution is -2.07. The van der Waals surface area contributed by atoms with Crippen LogP contribution in [0.2, 0.25) is 0 Å². The largest absolute Gasteiger partial charge is 0.293 e. The van der Waals surface area contributed by atoms with Gasteiger partial charge in [0, 0.05) is 6.42 Å². The molecule has 0 bridgehead atoms. The van der Waals surface area contributed by atoms with E-state index in [2.05, 4.69) is 11.9 Å². The Bertz CT molecular complexity index is 343. The lowest BCUT2D eigenvalue weighted by molar-refractivity contribution is 0.0976. The summed E-state index contributed by atoms with van der Waals surface area (Å²) in [6, 6.07) is 0. The lowest BCUT2D eigenvalue weighted by atomic mass is 10.0. The highest BCUT2D eigenvalue weighted by atomic mass is 32.1. The zero-order valence-corrected chi connectivity index (χ0v) is 9.32. The number of thiazole rings is 1. The van der Waals surface area contributed by atoms with E-state index in [1.54, 1.807) is 11.3 Å². The van der Waals surface area contributed by atoms with Gasteiger partial charge in [-0.3, -0.25) is 4.79 Å². The topological polar surface area (TPSA) is 30.0 Å². The average Bonchev–Trinajstić information content (AvgIpc) is 2.59. The number of nitrogens with zero attached hydrogens (tertiary/aromatic N) is 1. The van der Waals surface area contributed by atoms with Crippen molar-refractivity contribution in [3.63, 3.8) is 0 Å². The highest BCUT2D eigenvalue weighted by Gasteiger charge is 2.21. The minimum absolute atomic E-state index is 0.312. The molecule has 1 aromatic heterocycles. The van der Waals surface area contributed by atoms with E-state index in [4.69, 9.17) is 0 Å². The molecule has 2 nitrogen and oxygen atoms in total. The first-order chi connectivity index (χ1) is 6.81. The van der Waals surface area contributed by atoms with Gasteiger partial charge in [0.05, 0.1) is 15.6 Å².